The molecule has 0 spiro atoms. The van der Waals surface area contributed by atoms with E-state index in [1.165, 1.54) is 0 Å². The Hall–Kier alpha value is -1.75. The van der Waals surface area contributed by atoms with Crippen LogP contribution in [0.25, 0.3) is 0 Å². The number of hydrogen-bond donors (Lipinski definition) is 2. The van der Waals surface area contributed by atoms with Crippen molar-refractivity contribution in [1.29, 1.82) is 0 Å². The van der Waals surface area contributed by atoms with Crippen molar-refractivity contribution in [3.63, 3.8) is 0 Å². The van der Waals surface area contributed by atoms with Crippen LogP contribution in [-0.2, 0) is 4.79 Å². The molecule has 1 aromatic carbocycles. The monoisotopic (exact) mass is 292 g/mol. The van der Waals surface area contributed by atoms with Crippen molar-refractivity contribution in [2.24, 2.45) is 0 Å². The quantitative estimate of drug-likeness (QED) is 0.889. The first kappa shape index (κ1) is 15.6. The fourth-order valence-electron chi connectivity index (χ4n) is 3.04. The number of nitrogens with one attached hydrogen (secondary N) is 1. The van der Waals surface area contributed by atoms with Crippen LogP contribution in [0, 0.1) is 0 Å². The van der Waals surface area contributed by atoms with Crippen LogP contribution in [0.4, 0.5) is 5.69 Å². The highest BCUT2D eigenvalue weighted by Crippen LogP contribution is 2.37. The maximum Gasteiger partial charge on any atom is 0.242 e. The first-order valence-electron chi connectivity index (χ1n) is 7.43. The van der Waals surface area contributed by atoms with Crippen molar-refractivity contribution in [3.8, 4) is 5.75 Å². The molecule has 0 aliphatic carbocycles. The van der Waals surface area contributed by atoms with Gasteiger partial charge in [-0.1, -0.05) is 6.07 Å². The highest BCUT2D eigenvalue weighted by molar-refractivity contribution is 5.85. The number of anilines is 1. The zero-order valence-corrected chi connectivity index (χ0v) is 12.9. The molecule has 2 atom stereocenters. The van der Waals surface area contributed by atoms with Gasteiger partial charge in [-0.05, 0) is 38.3 Å². The summed E-state index contributed by atoms with van der Waals surface area (Å²) in [5.74, 6) is 0.679. The Labute approximate surface area is 125 Å². The normalized spacial score (nSPS) is 20.0. The van der Waals surface area contributed by atoms with Gasteiger partial charge in [0.25, 0.3) is 0 Å². The molecule has 2 N–H and O–H groups in total. The summed E-state index contributed by atoms with van der Waals surface area (Å²) < 4.78 is 5.37. The summed E-state index contributed by atoms with van der Waals surface area (Å²) in [4.78, 5) is 14.2. The van der Waals surface area contributed by atoms with Gasteiger partial charge in [0.15, 0.2) is 0 Å². The van der Waals surface area contributed by atoms with Crippen molar-refractivity contribution in [2.45, 2.75) is 38.3 Å². The largest absolute Gasteiger partial charge is 0.496 e. The van der Waals surface area contributed by atoms with E-state index < -0.39 is 6.10 Å². The summed E-state index contributed by atoms with van der Waals surface area (Å²) in [6.07, 6.45) is 2.27. The Kier molecular flexibility index (Phi) is 5.07. The van der Waals surface area contributed by atoms with Crippen molar-refractivity contribution < 1.29 is 14.6 Å². The summed E-state index contributed by atoms with van der Waals surface area (Å²) in [7, 11) is 3.26. The van der Waals surface area contributed by atoms with Crippen LogP contribution in [0.1, 0.15) is 37.9 Å². The van der Waals surface area contributed by atoms with Crippen molar-refractivity contribution in [1.82, 2.24) is 5.32 Å². The van der Waals surface area contributed by atoms with Crippen LogP contribution < -0.4 is 15.0 Å². The lowest BCUT2D eigenvalue weighted by Crippen LogP contribution is -2.49. The zero-order valence-electron chi connectivity index (χ0n) is 12.9. The molecule has 1 saturated heterocycles. The summed E-state index contributed by atoms with van der Waals surface area (Å²) in [5.41, 5.74) is 1.63. The van der Waals surface area contributed by atoms with Crippen LogP contribution >= 0.6 is 0 Å². The molecule has 2 rings (SSSR count). The lowest BCUT2D eigenvalue weighted by molar-refractivity contribution is -0.122. The van der Waals surface area contributed by atoms with E-state index in [4.69, 9.17) is 4.74 Å². The number of aliphatic hydroxyl groups excluding tert-OH is 1. The molecule has 1 unspecified atom stereocenters. The maximum absolute atomic E-state index is 12.1. The number of aliphatic hydroxyl groups is 1. The van der Waals surface area contributed by atoms with Crippen molar-refractivity contribution in [3.05, 3.63) is 23.8 Å². The topological polar surface area (TPSA) is 61.8 Å². The molecule has 0 saturated carbocycles. The van der Waals surface area contributed by atoms with Gasteiger partial charge >= 0.3 is 0 Å². The highest BCUT2D eigenvalue weighted by atomic mass is 16.5. The Morgan fingerprint density at radius 3 is 2.86 bits per heavy atom. The molecule has 1 aromatic rings. The van der Waals surface area contributed by atoms with Crippen LogP contribution in [0.5, 0.6) is 5.75 Å². The highest BCUT2D eigenvalue weighted by Gasteiger charge is 2.31. The fourth-order valence-corrected chi connectivity index (χ4v) is 3.04. The lowest BCUT2D eigenvalue weighted by atomic mass is 9.97. The molecule has 1 aliphatic heterocycles. The first-order valence-corrected chi connectivity index (χ1v) is 7.43. The van der Waals surface area contributed by atoms with Crippen LogP contribution in [0.3, 0.4) is 0 Å². The molecule has 0 radical (unpaired) electrons. The van der Waals surface area contributed by atoms with E-state index in [-0.39, 0.29) is 11.9 Å². The van der Waals surface area contributed by atoms with Gasteiger partial charge in [-0.2, -0.15) is 0 Å². The van der Waals surface area contributed by atoms with Gasteiger partial charge in [-0.15, -0.1) is 0 Å². The van der Waals surface area contributed by atoms with Crippen molar-refractivity contribution in [2.75, 3.05) is 25.6 Å². The molecular weight excluding hydrogens is 268 g/mol. The number of ether oxygens (including phenoxy) is 1. The number of piperidine rings is 1. The number of likely N-dealkylation sites (N-methyl/N-ethyl adjacent to an activating group) is 1. The van der Waals surface area contributed by atoms with Gasteiger partial charge < -0.3 is 20.1 Å². The van der Waals surface area contributed by atoms with E-state index in [1.54, 1.807) is 21.1 Å². The van der Waals surface area contributed by atoms with Gasteiger partial charge in [0.1, 0.15) is 11.8 Å². The average Bonchev–Trinajstić information content (AvgIpc) is 2.53. The van der Waals surface area contributed by atoms with Crippen LogP contribution in [-0.4, -0.2) is 37.8 Å². The molecule has 1 aliphatic rings. The molecule has 1 fully saturated rings. The van der Waals surface area contributed by atoms with Gasteiger partial charge in [0, 0.05) is 24.8 Å². The Balaban J connectivity index is 2.45. The summed E-state index contributed by atoms with van der Waals surface area (Å²) in [6, 6.07) is 5.50. The van der Waals surface area contributed by atoms with Crippen LogP contribution in [0.15, 0.2) is 18.2 Å². The molecule has 1 amide bonds. The second kappa shape index (κ2) is 6.80. The number of hydrogen-bond acceptors (Lipinski definition) is 4. The number of benzene rings is 1. The standard InChI is InChI=1S/C16H24N2O3/c1-11(19)15-12(8-6-9-14(15)21-3)18-10-5-4-7-13(18)16(20)17-2/h6,8-9,11,13,19H,4-5,7,10H2,1-3H3,(H,17,20)/t11-,13?/m1/s1. The molecular formula is C16H24N2O3. The molecule has 116 valence electrons. The Bertz CT molecular complexity index is 502. The smallest absolute Gasteiger partial charge is 0.242 e. The average molecular weight is 292 g/mol. The van der Waals surface area contributed by atoms with Gasteiger partial charge in [0.05, 0.1) is 13.2 Å². The third kappa shape index (κ3) is 3.13. The second-order valence-electron chi connectivity index (χ2n) is 5.39. The minimum atomic E-state index is -0.650. The minimum Gasteiger partial charge on any atom is -0.496 e. The molecule has 21 heavy (non-hydrogen) atoms. The predicted molar refractivity (Wildman–Crippen MR) is 82.7 cm³/mol. The predicted octanol–water partition coefficient (Wildman–Crippen LogP) is 1.85. The van der Waals surface area contributed by atoms with E-state index in [2.05, 4.69) is 10.2 Å². The van der Waals surface area contributed by atoms with E-state index in [0.29, 0.717) is 5.75 Å². The van der Waals surface area contributed by atoms with Crippen molar-refractivity contribution >= 4 is 11.6 Å². The Morgan fingerprint density at radius 2 is 2.24 bits per heavy atom. The van der Waals surface area contributed by atoms with Gasteiger partial charge in [0.2, 0.25) is 5.91 Å². The van der Waals surface area contributed by atoms with E-state index in [1.807, 2.05) is 18.2 Å². The van der Waals surface area contributed by atoms with E-state index in [9.17, 15) is 9.90 Å². The molecule has 0 bridgehead atoms. The molecule has 5 heteroatoms. The lowest BCUT2D eigenvalue weighted by Gasteiger charge is -2.38. The summed E-state index contributed by atoms with van der Waals surface area (Å²) in [6.45, 7) is 2.53. The SMILES string of the molecule is CNC(=O)C1CCCCN1c1cccc(OC)c1[C@@H](C)O. The number of rotatable bonds is 4. The third-order valence-corrected chi connectivity index (χ3v) is 4.04. The van der Waals surface area contributed by atoms with Gasteiger partial charge in [-0.3, -0.25) is 4.79 Å². The minimum absolute atomic E-state index is 0.0223. The number of methoxy groups -OCH3 is 1. The summed E-state index contributed by atoms with van der Waals surface area (Å²) in [5, 5.41) is 12.9. The molecule has 0 aromatic heterocycles. The van der Waals surface area contributed by atoms with Gasteiger partial charge in [-0.25, -0.2) is 0 Å². The van der Waals surface area contributed by atoms with E-state index >= 15 is 0 Å². The Morgan fingerprint density at radius 1 is 1.48 bits per heavy atom. The molecule has 5 nitrogen and oxygen atoms in total. The molecule has 1 heterocycles. The third-order valence-electron chi connectivity index (χ3n) is 4.04. The number of carbonyl (C=O) groups is 1. The zero-order chi connectivity index (χ0) is 15.4. The first-order chi connectivity index (χ1) is 10.1. The number of amides is 1. The van der Waals surface area contributed by atoms with E-state index in [0.717, 1.165) is 37.1 Å². The number of nitrogens with zero attached hydrogens (tertiary/aromatic N) is 1. The maximum atomic E-state index is 12.1. The van der Waals surface area contributed by atoms with Crippen LogP contribution in [0.2, 0.25) is 0 Å². The fraction of sp³-hybridized carbons (Fsp3) is 0.562. The summed E-state index contributed by atoms with van der Waals surface area (Å²) >= 11 is 0. The number of carbonyl (C=O) groups excluding carboxylic acids is 1. The second-order valence-corrected chi connectivity index (χ2v) is 5.39.